The Kier molecular flexibility index (Phi) is 7.88. The number of ether oxygens (including phenoxy) is 1. The number of hydrogen-bond acceptors (Lipinski definition) is 3. The summed E-state index contributed by atoms with van der Waals surface area (Å²) in [5.74, 6) is 0.721. The summed E-state index contributed by atoms with van der Waals surface area (Å²) in [6.07, 6.45) is 4.86. The summed E-state index contributed by atoms with van der Waals surface area (Å²) in [5.41, 5.74) is 2.73. The molecular formula is C39H38N2O2. The third-order valence-corrected chi connectivity index (χ3v) is 8.50. The maximum absolute atomic E-state index is 12.6. The zero-order valence-electron chi connectivity index (χ0n) is 25.0. The Morgan fingerprint density at radius 2 is 1.23 bits per heavy atom. The van der Waals surface area contributed by atoms with E-state index in [4.69, 9.17) is 9.72 Å². The maximum atomic E-state index is 12.6. The molecule has 1 unspecified atom stereocenters. The van der Waals surface area contributed by atoms with Crippen molar-refractivity contribution >= 4 is 10.8 Å². The first kappa shape index (κ1) is 28.4. The molecule has 0 bridgehead atoms. The number of imidazole rings is 1. The number of nitrogens with zero attached hydrogens (tertiary/aromatic N) is 2. The summed E-state index contributed by atoms with van der Waals surface area (Å²) >= 11 is 0. The first-order valence-corrected chi connectivity index (χ1v) is 15.1. The molecule has 0 saturated heterocycles. The Bertz CT molecular complexity index is 1700. The minimum atomic E-state index is -1.31. The van der Waals surface area contributed by atoms with Gasteiger partial charge in [0.1, 0.15) is 16.9 Å². The Morgan fingerprint density at radius 1 is 0.698 bits per heavy atom. The molecule has 0 saturated carbocycles. The lowest BCUT2D eigenvalue weighted by Gasteiger charge is -2.37. The van der Waals surface area contributed by atoms with Gasteiger partial charge in [-0.3, -0.25) is 0 Å². The maximum Gasteiger partial charge on any atom is 0.135 e. The van der Waals surface area contributed by atoms with Gasteiger partial charge in [0.05, 0.1) is 18.6 Å². The highest BCUT2D eigenvalue weighted by Crippen LogP contribution is 2.43. The monoisotopic (exact) mass is 566 g/mol. The summed E-state index contributed by atoms with van der Waals surface area (Å²) in [7, 11) is 0. The third kappa shape index (κ3) is 5.02. The van der Waals surface area contributed by atoms with E-state index >= 15 is 0 Å². The Hall–Kier alpha value is -4.67. The minimum Gasteiger partial charge on any atom is -0.494 e. The second-order valence-electron chi connectivity index (χ2n) is 11.5. The molecule has 0 aliphatic rings. The van der Waals surface area contributed by atoms with Gasteiger partial charge in [-0.25, -0.2) is 4.98 Å². The van der Waals surface area contributed by atoms with Crippen molar-refractivity contribution in [2.45, 2.75) is 38.3 Å². The zero-order chi connectivity index (χ0) is 29.9. The molecule has 0 amide bonds. The quantitative estimate of drug-likeness (QED) is 0.169. The van der Waals surface area contributed by atoms with E-state index in [1.807, 2.05) is 56.7 Å². The van der Waals surface area contributed by atoms with Crippen LogP contribution in [-0.2, 0) is 11.1 Å². The molecule has 1 N–H and O–H groups in total. The second kappa shape index (κ2) is 11.9. The molecule has 1 atom stereocenters. The van der Waals surface area contributed by atoms with Gasteiger partial charge in [0.2, 0.25) is 0 Å². The van der Waals surface area contributed by atoms with Crippen LogP contribution in [0.5, 0.6) is 5.75 Å². The van der Waals surface area contributed by atoms with Crippen LogP contribution < -0.4 is 4.74 Å². The normalized spacial score (nSPS) is 13.2. The summed E-state index contributed by atoms with van der Waals surface area (Å²) in [6.45, 7) is 6.88. The van der Waals surface area contributed by atoms with Gasteiger partial charge in [0, 0.05) is 6.20 Å². The van der Waals surface area contributed by atoms with E-state index in [-0.39, 0.29) is 5.92 Å². The predicted molar refractivity (Wildman–Crippen MR) is 174 cm³/mol. The molecule has 43 heavy (non-hydrogen) atoms. The molecule has 0 aliphatic carbocycles. The first-order chi connectivity index (χ1) is 21.0. The van der Waals surface area contributed by atoms with Gasteiger partial charge < -0.3 is 14.4 Å². The third-order valence-electron chi connectivity index (χ3n) is 8.50. The largest absolute Gasteiger partial charge is 0.494 e. The van der Waals surface area contributed by atoms with Gasteiger partial charge in [-0.05, 0) is 63.6 Å². The van der Waals surface area contributed by atoms with Crippen LogP contribution in [0.4, 0.5) is 0 Å². The van der Waals surface area contributed by atoms with Gasteiger partial charge in [-0.2, -0.15) is 0 Å². The molecule has 6 rings (SSSR count). The predicted octanol–water partition coefficient (Wildman–Crippen LogP) is 8.56. The van der Waals surface area contributed by atoms with E-state index < -0.39 is 11.1 Å². The lowest BCUT2D eigenvalue weighted by Crippen LogP contribution is -2.37. The fraction of sp³-hybridized carbons (Fsp3) is 0.205. The highest BCUT2D eigenvalue weighted by atomic mass is 16.5. The number of rotatable bonds is 10. The van der Waals surface area contributed by atoms with Gasteiger partial charge in [0.15, 0.2) is 0 Å². The van der Waals surface area contributed by atoms with Crippen LogP contribution in [0, 0.1) is 5.92 Å². The SMILES string of the molecule is CCCOc1ccc2cc(C(O)(c3cn(C(c4ccccc4)(c4ccccc4)c4ccccc4)cn3)C(C)C)ccc2c1. The molecule has 1 aromatic heterocycles. The molecule has 4 nitrogen and oxygen atoms in total. The van der Waals surface area contributed by atoms with E-state index in [2.05, 4.69) is 109 Å². The summed E-state index contributed by atoms with van der Waals surface area (Å²) in [6, 6.07) is 43.8. The average molecular weight is 567 g/mol. The molecular weight excluding hydrogens is 528 g/mol. The first-order valence-electron chi connectivity index (χ1n) is 15.1. The highest BCUT2D eigenvalue weighted by Gasteiger charge is 2.42. The fourth-order valence-corrected chi connectivity index (χ4v) is 6.24. The molecule has 6 aromatic rings. The van der Waals surface area contributed by atoms with E-state index in [9.17, 15) is 5.11 Å². The van der Waals surface area contributed by atoms with Crippen molar-refractivity contribution in [2.24, 2.45) is 5.92 Å². The van der Waals surface area contributed by atoms with E-state index in [1.165, 1.54) is 0 Å². The lowest BCUT2D eigenvalue weighted by molar-refractivity contribution is 0.0279. The number of aromatic nitrogens is 2. The number of benzene rings is 5. The van der Waals surface area contributed by atoms with E-state index in [0.29, 0.717) is 12.3 Å². The van der Waals surface area contributed by atoms with Crippen LogP contribution in [-0.4, -0.2) is 21.3 Å². The number of fused-ring (bicyclic) bond motifs is 1. The number of hydrogen-bond donors (Lipinski definition) is 1. The lowest BCUT2D eigenvalue weighted by atomic mass is 9.76. The minimum absolute atomic E-state index is 0.139. The van der Waals surface area contributed by atoms with Crippen molar-refractivity contribution in [1.29, 1.82) is 0 Å². The van der Waals surface area contributed by atoms with Crippen molar-refractivity contribution < 1.29 is 9.84 Å². The zero-order valence-corrected chi connectivity index (χ0v) is 25.0. The standard InChI is InChI=1S/C39H38N2O2/c1-4-24-43-36-23-21-30-25-35(22-20-31(30)26-36)39(42,29(2)3)37-27-41(28-40-37)38(32-14-8-5-9-15-32,33-16-10-6-11-17-33)34-18-12-7-13-19-34/h5-23,25-29,42H,4,24H2,1-3H3. The molecule has 0 fully saturated rings. The fourth-order valence-electron chi connectivity index (χ4n) is 6.24. The Morgan fingerprint density at radius 3 is 1.77 bits per heavy atom. The average Bonchev–Trinajstić information content (AvgIpc) is 3.56. The topological polar surface area (TPSA) is 47.3 Å². The van der Waals surface area contributed by atoms with Gasteiger partial charge in [0.25, 0.3) is 0 Å². The van der Waals surface area contributed by atoms with E-state index in [0.717, 1.165) is 45.2 Å². The van der Waals surface area contributed by atoms with Gasteiger partial charge >= 0.3 is 0 Å². The molecule has 0 radical (unpaired) electrons. The van der Waals surface area contributed by atoms with Crippen molar-refractivity contribution in [2.75, 3.05) is 6.61 Å². The van der Waals surface area contributed by atoms with Crippen molar-refractivity contribution in [1.82, 2.24) is 9.55 Å². The Balaban J connectivity index is 1.52. The smallest absolute Gasteiger partial charge is 0.135 e. The molecule has 0 spiro atoms. The molecule has 4 heteroatoms. The second-order valence-corrected chi connectivity index (χ2v) is 11.5. The summed E-state index contributed by atoms with van der Waals surface area (Å²) in [4.78, 5) is 4.95. The van der Waals surface area contributed by atoms with Crippen molar-refractivity contribution in [3.8, 4) is 5.75 Å². The van der Waals surface area contributed by atoms with Crippen LogP contribution in [0.15, 0.2) is 140 Å². The highest BCUT2D eigenvalue weighted by molar-refractivity contribution is 5.85. The van der Waals surface area contributed by atoms with Gasteiger partial charge in [-0.15, -0.1) is 0 Å². The molecule has 0 aliphatic heterocycles. The molecule has 1 heterocycles. The molecule has 5 aromatic carbocycles. The van der Waals surface area contributed by atoms with Crippen molar-refractivity contribution in [3.63, 3.8) is 0 Å². The van der Waals surface area contributed by atoms with Crippen LogP contribution in [0.25, 0.3) is 10.8 Å². The van der Waals surface area contributed by atoms with Crippen LogP contribution in [0.3, 0.4) is 0 Å². The molecule has 216 valence electrons. The van der Waals surface area contributed by atoms with Crippen LogP contribution >= 0.6 is 0 Å². The Labute approximate surface area is 254 Å². The summed E-state index contributed by atoms with van der Waals surface area (Å²) < 4.78 is 8.01. The van der Waals surface area contributed by atoms with E-state index in [1.54, 1.807) is 0 Å². The van der Waals surface area contributed by atoms with Crippen LogP contribution in [0.2, 0.25) is 0 Å². The van der Waals surface area contributed by atoms with Crippen molar-refractivity contribution in [3.05, 3.63) is 168 Å². The summed E-state index contributed by atoms with van der Waals surface area (Å²) in [5, 5.41) is 14.7. The van der Waals surface area contributed by atoms with Gasteiger partial charge in [-0.1, -0.05) is 130 Å². The number of aliphatic hydroxyl groups is 1. The van der Waals surface area contributed by atoms with Crippen LogP contribution in [0.1, 0.15) is 55.1 Å².